The van der Waals surface area contributed by atoms with Crippen molar-refractivity contribution < 1.29 is 9.72 Å². The average molecular weight is 343 g/mol. The van der Waals surface area contributed by atoms with E-state index in [1.807, 2.05) is 24.3 Å². The van der Waals surface area contributed by atoms with E-state index in [4.69, 9.17) is 0 Å². The van der Waals surface area contributed by atoms with Crippen molar-refractivity contribution in [2.24, 2.45) is 0 Å². The Morgan fingerprint density at radius 3 is 2.79 bits per heavy atom. The summed E-state index contributed by atoms with van der Waals surface area (Å²) >= 11 is 1.41. The molecule has 0 aliphatic rings. The van der Waals surface area contributed by atoms with Crippen LogP contribution in [0.4, 0.5) is 11.5 Å². The predicted molar refractivity (Wildman–Crippen MR) is 91.3 cm³/mol. The number of carbonyl (C=O) groups is 1. The Morgan fingerprint density at radius 1 is 1.21 bits per heavy atom. The monoisotopic (exact) mass is 343 g/mol. The number of benzene rings is 1. The molecule has 3 aromatic rings. The van der Waals surface area contributed by atoms with Gasteiger partial charge in [-0.25, -0.2) is 4.98 Å². The largest absolute Gasteiger partial charge is 0.367 e. The Balaban J connectivity index is 1.51. The quantitative estimate of drug-likeness (QED) is 0.404. The van der Waals surface area contributed by atoms with E-state index in [0.717, 1.165) is 22.1 Å². The molecule has 0 bridgehead atoms. The van der Waals surface area contributed by atoms with Gasteiger partial charge in [-0.2, -0.15) is 4.37 Å². The fourth-order valence-corrected chi connectivity index (χ4v) is 2.84. The van der Waals surface area contributed by atoms with Crippen LogP contribution in [0, 0.1) is 10.1 Å². The minimum absolute atomic E-state index is 0.139. The smallest absolute Gasteiger partial charge is 0.287 e. The first kappa shape index (κ1) is 15.8. The Kier molecular flexibility index (Phi) is 4.62. The molecule has 2 N–H and O–H groups in total. The molecule has 1 aromatic carbocycles. The van der Waals surface area contributed by atoms with Gasteiger partial charge in [0.15, 0.2) is 0 Å². The molecular formula is C15H13N5O3S. The van der Waals surface area contributed by atoms with Crippen LogP contribution >= 0.6 is 11.5 Å². The lowest BCUT2D eigenvalue weighted by atomic mass is 10.2. The van der Waals surface area contributed by atoms with Crippen LogP contribution in [-0.2, 0) is 0 Å². The second kappa shape index (κ2) is 7.01. The molecule has 0 saturated heterocycles. The minimum Gasteiger partial charge on any atom is -0.367 e. The molecule has 0 atom stereocenters. The lowest BCUT2D eigenvalue weighted by Gasteiger charge is -2.06. The number of rotatable bonds is 6. The molecule has 0 aliphatic heterocycles. The molecular weight excluding hydrogens is 330 g/mol. The van der Waals surface area contributed by atoms with Crippen molar-refractivity contribution in [3.05, 3.63) is 58.4 Å². The molecule has 2 aromatic heterocycles. The summed E-state index contributed by atoms with van der Waals surface area (Å²) in [5.41, 5.74) is -0.0108. The van der Waals surface area contributed by atoms with Crippen molar-refractivity contribution >= 4 is 39.0 Å². The van der Waals surface area contributed by atoms with E-state index in [1.54, 1.807) is 0 Å². The topological polar surface area (TPSA) is 110 Å². The maximum atomic E-state index is 11.9. The summed E-state index contributed by atoms with van der Waals surface area (Å²) in [5, 5.41) is 17.5. The molecule has 1 amide bonds. The van der Waals surface area contributed by atoms with Gasteiger partial charge in [0.05, 0.1) is 9.62 Å². The van der Waals surface area contributed by atoms with Crippen LogP contribution in [0.25, 0.3) is 10.1 Å². The molecule has 2 heterocycles. The fourth-order valence-electron chi connectivity index (χ4n) is 2.09. The zero-order chi connectivity index (χ0) is 16.9. The highest BCUT2D eigenvalue weighted by Gasteiger charge is 2.10. The number of anilines is 1. The predicted octanol–water partition coefficient (Wildman–Crippen LogP) is 2.44. The number of nitro groups is 1. The van der Waals surface area contributed by atoms with Crippen LogP contribution in [0.3, 0.4) is 0 Å². The van der Waals surface area contributed by atoms with Gasteiger partial charge in [0.2, 0.25) is 0 Å². The Labute approximate surface area is 140 Å². The molecule has 122 valence electrons. The van der Waals surface area contributed by atoms with E-state index in [1.165, 1.54) is 23.7 Å². The normalized spacial score (nSPS) is 10.5. The first-order valence-corrected chi connectivity index (χ1v) is 7.89. The number of amides is 1. The van der Waals surface area contributed by atoms with Crippen molar-refractivity contribution in [3.63, 3.8) is 0 Å². The zero-order valence-corrected chi connectivity index (χ0v) is 13.2. The van der Waals surface area contributed by atoms with Crippen molar-refractivity contribution in [1.29, 1.82) is 0 Å². The van der Waals surface area contributed by atoms with E-state index < -0.39 is 4.92 Å². The zero-order valence-electron chi connectivity index (χ0n) is 12.4. The van der Waals surface area contributed by atoms with E-state index in [-0.39, 0.29) is 17.3 Å². The van der Waals surface area contributed by atoms with Gasteiger partial charge in [-0.1, -0.05) is 12.1 Å². The fraction of sp³-hybridized carbons (Fsp3) is 0.133. The summed E-state index contributed by atoms with van der Waals surface area (Å²) in [7, 11) is 0. The van der Waals surface area contributed by atoms with Crippen molar-refractivity contribution in [1.82, 2.24) is 14.7 Å². The van der Waals surface area contributed by atoms with Gasteiger partial charge in [-0.15, -0.1) is 0 Å². The molecule has 9 heteroatoms. The Hall–Kier alpha value is -3.07. The van der Waals surface area contributed by atoms with Crippen molar-refractivity contribution in [2.45, 2.75) is 0 Å². The van der Waals surface area contributed by atoms with E-state index >= 15 is 0 Å². The summed E-state index contributed by atoms with van der Waals surface area (Å²) in [5.74, 6) is 0.410. The highest BCUT2D eigenvalue weighted by Crippen LogP contribution is 2.25. The number of fused-ring (bicyclic) bond motifs is 1. The lowest BCUT2D eigenvalue weighted by molar-refractivity contribution is -0.385. The summed E-state index contributed by atoms with van der Waals surface area (Å²) in [6.07, 6.45) is 1.06. The van der Waals surface area contributed by atoms with Crippen molar-refractivity contribution in [3.8, 4) is 0 Å². The van der Waals surface area contributed by atoms with Gasteiger partial charge in [0, 0.05) is 24.5 Å². The summed E-state index contributed by atoms with van der Waals surface area (Å²) < 4.78 is 5.43. The maximum absolute atomic E-state index is 11.9. The lowest BCUT2D eigenvalue weighted by Crippen LogP contribution is -2.29. The third-order valence-electron chi connectivity index (χ3n) is 3.27. The van der Waals surface area contributed by atoms with Crippen molar-refractivity contribution in [2.75, 3.05) is 18.4 Å². The summed E-state index contributed by atoms with van der Waals surface area (Å²) in [6, 6.07) is 10.5. The minimum atomic E-state index is -0.559. The molecule has 0 spiro atoms. The number of nitrogens with one attached hydrogen (secondary N) is 2. The highest BCUT2D eigenvalue weighted by atomic mass is 32.1. The standard InChI is InChI=1S/C15H13N5O3S/c21-15(12-6-5-10(9-18-12)20(22)23)17-8-7-16-14-11-3-1-2-4-13(11)24-19-14/h1-6,9H,7-8H2,(H,16,19)(H,17,21). The Bertz CT molecular complexity index is 878. The molecule has 0 fully saturated rings. The van der Waals surface area contributed by atoms with Crippen LogP contribution in [0.5, 0.6) is 0 Å². The number of nitrogens with zero attached hydrogens (tertiary/aromatic N) is 3. The second-order valence-electron chi connectivity index (χ2n) is 4.87. The van der Waals surface area contributed by atoms with E-state index in [0.29, 0.717) is 13.1 Å². The van der Waals surface area contributed by atoms with Crippen LogP contribution in [0.1, 0.15) is 10.5 Å². The third kappa shape index (κ3) is 3.46. The summed E-state index contributed by atoms with van der Waals surface area (Å²) in [6.45, 7) is 0.885. The first-order chi connectivity index (χ1) is 11.6. The molecule has 0 aliphatic carbocycles. The third-order valence-corrected chi connectivity index (χ3v) is 4.10. The average Bonchev–Trinajstić information content (AvgIpc) is 3.02. The molecule has 8 nitrogen and oxygen atoms in total. The summed E-state index contributed by atoms with van der Waals surface area (Å²) in [4.78, 5) is 25.7. The van der Waals surface area contributed by atoms with Crippen LogP contribution in [-0.4, -0.2) is 33.3 Å². The van der Waals surface area contributed by atoms with Crippen LogP contribution in [0.15, 0.2) is 42.6 Å². The second-order valence-corrected chi connectivity index (χ2v) is 5.67. The van der Waals surface area contributed by atoms with Gasteiger partial charge in [0.1, 0.15) is 17.7 Å². The highest BCUT2D eigenvalue weighted by molar-refractivity contribution is 7.13. The van der Waals surface area contributed by atoms with Gasteiger partial charge < -0.3 is 10.6 Å². The first-order valence-electron chi connectivity index (χ1n) is 7.12. The molecule has 0 unspecified atom stereocenters. The van der Waals surface area contributed by atoms with E-state index in [2.05, 4.69) is 20.0 Å². The van der Waals surface area contributed by atoms with Gasteiger partial charge >= 0.3 is 0 Å². The number of hydrogen-bond donors (Lipinski definition) is 2. The van der Waals surface area contributed by atoms with Crippen LogP contribution in [0.2, 0.25) is 0 Å². The molecule has 24 heavy (non-hydrogen) atoms. The number of hydrogen-bond acceptors (Lipinski definition) is 7. The molecule has 0 saturated carbocycles. The SMILES string of the molecule is O=C(NCCNc1nsc2ccccc12)c1ccc([N+](=O)[O-])cn1. The number of carbonyl (C=O) groups excluding carboxylic acids is 1. The Morgan fingerprint density at radius 2 is 2.04 bits per heavy atom. The number of pyridine rings is 1. The number of aromatic nitrogens is 2. The maximum Gasteiger partial charge on any atom is 0.287 e. The molecule has 3 rings (SSSR count). The van der Waals surface area contributed by atoms with Gasteiger partial charge in [0.25, 0.3) is 11.6 Å². The van der Waals surface area contributed by atoms with E-state index in [9.17, 15) is 14.9 Å². The van der Waals surface area contributed by atoms with Crippen LogP contribution < -0.4 is 10.6 Å². The molecule has 0 radical (unpaired) electrons. The van der Waals surface area contributed by atoms with Gasteiger partial charge in [-0.3, -0.25) is 14.9 Å². The van der Waals surface area contributed by atoms with Gasteiger partial charge in [-0.05, 0) is 29.7 Å².